The van der Waals surface area contributed by atoms with Crippen LogP contribution in [0.4, 0.5) is 0 Å². The maximum Gasteiger partial charge on any atom is 0.236 e. The number of carbonyl (C=O) groups is 1. The van der Waals surface area contributed by atoms with E-state index in [4.69, 9.17) is 4.74 Å². The van der Waals surface area contributed by atoms with E-state index in [1.807, 2.05) is 31.3 Å². The van der Waals surface area contributed by atoms with E-state index in [9.17, 15) is 4.79 Å². The van der Waals surface area contributed by atoms with Crippen LogP contribution in [0.3, 0.4) is 0 Å². The average Bonchev–Trinajstić information content (AvgIpc) is 3.09. The maximum absolute atomic E-state index is 12.4. The molecule has 2 aliphatic rings. The molecule has 0 spiro atoms. The Morgan fingerprint density at radius 3 is 2.50 bits per heavy atom. The molecule has 8 heteroatoms. The lowest BCUT2D eigenvalue weighted by Crippen LogP contribution is -2.54. The number of aromatic nitrogens is 1. The molecule has 144 valence electrons. The number of hydrogen-bond acceptors (Lipinski definition) is 4. The maximum atomic E-state index is 12.4. The van der Waals surface area contributed by atoms with Crippen molar-refractivity contribution in [2.75, 3.05) is 66.1 Å². The van der Waals surface area contributed by atoms with Crippen LogP contribution < -0.4 is 5.32 Å². The molecule has 0 atom stereocenters. The van der Waals surface area contributed by atoms with Crippen LogP contribution in [0.2, 0.25) is 0 Å². The van der Waals surface area contributed by atoms with E-state index >= 15 is 0 Å². The number of nitrogens with zero attached hydrogens (tertiary/aromatic N) is 5. The third kappa shape index (κ3) is 4.76. The third-order valence-corrected chi connectivity index (χ3v) is 5.09. The van der Waals surface area contributed by atoms with E-state index in [1.165, 1.54) is 5.69 Å². The van der Waals surface area contributed by atoms with Gasteiger partial charge in [0.1, 0.15) is 0 Å². The molecule has 1 aromatic rings. The van der Waals surface area contributed by atoms with Crippen LogP contribution in [0.25, 0.3) is 0 Å². The Bertz CT molecular complexity index is 615. The highest BCUT2D eigenvalue weighted by molar-refractivity contribution is 5.80. The third-order valence-electron chi connectivity index (χ3n) is 5.09. The van der Waals surface area contributed by atoms with Crippen LogP contribution in [0.5, 0.6) is 0 Å². The Hall–Kier alpha value is -2.06. The second-order valence-electron chi connectivity index (χ2n) is 6.77. The zero-order valence-corrected chi connectivity index (χ0v) is 15.9. The van der Waals surface area contributed by atoms with Gasteiger partial charge >= 0.3 is 0 Å². The van der Waals surface area contributed by atoms with E-state index in [0.717, 1.165) is 38.7 Å². The molecular formula is C18H30N6O2. The molecule has 0 bridgehead atoms. The molecule has 1 N–H and O–H groups in total. The van der Waals surface area contributed by atoms with Crippen molar-refractivity contribution in [1.29, 1.82) is 0 Å². The number of aryl methyl sites for hydroxylation is 1. The van der Waals surface area contributed by atoms with E-state index in [1.54, 1.807) is 0 Å². The van der Waals surface area contributed by atoms with Gasteiger partial charge in [-0.05, 0) is 12.1 Å². The summed E-state index contributed by atoms with van der Waals surface area (Å²) in [4.78, 5) is 23.2. The first-order valence-corrected chi connectivity index (χ1v) is 9.31. The molecule has 1 aromatic heterocycles. The first kappa shape index (κ1) is 18.7. The lowest BCUT2D eigenvalue weighted by atomic mass is 10.3. The fourth-order valence-electron chi connectivity index (χ4n) is 3.40. The zero-order chi connectivity index (χ0) is 18.4. The van der Waals surface area contributed by atoms with E-state index < -0.39 is 0 Å². The Kier molecular flexibility index (Phi) is 6.51. The summed E-state index contributed by atoms with van der Waals surface area (Å²) < 4.78 is 7.42. The van der Waals surface area contributed by atoms with Crippen LogP contribution >= 0.6 is 0 Å². The molecule has 2 saturated heterocycles. The number of amides is 1. The van der Waals surface area contributed by atoms with Crippen molar-refractivity contribution in [2.45, 2.75) is 6.54 Å². The Morgan fingerprint density at radius 2 is 1.88 bits per heavy atom. The van der Waals surface area contributed by atoms with E-state index in [0.29, 0.717) is 32.8 Å². The van der Waals surface area contributed by atoms with E-state index in [2.05, 4.69) is 30.7 Å². The van der Waals surface area contributed by atoms with Gasteiger partial charge in [0.05, 0.1) is 26.3 Å². The van der Waals surface area contributed by atoms with Crippen LogP contribution in [-0.4, -0.2) is 97.2 Å². The van der Waals surface area contributed by atoms with E-state index in [-0.39, 0.29) is 5.91 Å². The highest BCUT2D eigenvalue weighted by atomic mass is 16.5. The summed E-state index contributed by atoms with van der Waals surface area (Å²) in [6, 6.07) is 4.15. The van der Waals surface area contributed by atoms with Crippen molar-refractivity contribution >= 4 is 11.9 Å². The summed E-state index contributed by atoms with van der Waals surface area (Å²) in [5, 5.41) is 3.44. The molecular weight excluding hydrogens is 332 g/mol. The largest absolute Gasteiger partial charge is 0.378 e. The first-order chi connectivity index (χ1) is 12.7. The number of nitrogens with one attached hydrogen (secondary N) is 1. The standard InChI is InChI=1S/C18H30N6O2/c1-19-18(20-14-16-4-3-5-21(16)2)24-8-6-22(7-9-24)15-17(25)23-10-12-26-13-11-23/h3-5H,6-15H2,1-2H3,(H,19,20). The minimum Gasteiger partial charge on any atom is -0.378 e. The predicted octanol–water partition coefficient (Wildman–Crippen LogP) is -0.423. The van der Waals surface area contributed by atoms with Gasteiger partial charge in [0, 0.05) is 65.3 Å². The summed E-state index contributed by atoms with van der Waals surface area (Å²) in [6.45, 7) is 7.51. The smallest absolute Gasteiger partial charge is 0.236 e. The average molecular weight is 362 g/mol. The second kappa shape index (κ2) is 9.05. The van der Waals surface area contributed by atoms with Crippen LogP contribution in [-0.2, 0) is 23.1 Å². The minimum absolute atomic E-state index is 0.216. The molecule has 2 aliphatic heterocycles. The molecule has 2 fully saturated rings. The summed E-state index contributed by atoms with van der Waals surface area (Å²) >= 11 is 0. The SMILES string of the molecule is CN=C(NCc1cccn1C)N1CCN(CC(=O)N2CCOCC2)CC1. The lowest BCUT2D eigenvalue weighted by Gasteiger charge is -2.37. The predicted molar refractivity (Wildman–Crippen MR) is 101 cm³/mol. The second-order valence-corrected chi connectivity index (χ2v) is 6.77. The van der Waals surface area contributed by atoms with Crippen molar-refractivity contribution in [2.24, 2.45) is 12.0 Å². The lowest BCUT2D eigenvalue weighted by molar-refractivity contribution is -0.136. The molecule has 1 amide bonds. The monoisotopic (exact) mass is 362 g/mol. The Balaban J connectivity index is 1.43. The van der Waals surface area contributed by atoms with Gasteiger partial charge in [0.2, 0.25) is 5.91 Å². The van der Waals surface area contributed by atoms with Gasteiger partial charge in [-0.25, -0.2) is 0 Å². The van der Waals surface area contributed by atoms with Crippen LogP contribution in [0.1, 0.15) is 5.69 Å². The quantitative estimate of drug-likeness (QED) is 0.582. The molecule has 0 unspecified atom stereocenters. The molecule has 0 aliphatic carbocycles. The number of carbonyl (C=O) groups excluding carboxylic acids is 1. The number of piperazine rings is 1. The van der Waals surface area contributed by atoms with Gasteiger partial charge in [-0.3, -0.25) is 14.7 Å². The molecule has 3 heterocycles. The highest BCUT2D eigenvalue weighted by Gasteiger charge is 2.24. The number of guanidine groups is 1. The fourth-order valence-corrected chi connectivity index (χ4v) is 3.40. The van der Waals surface area contributed by atoms with Crippen molar-refractivity contribution in [3.8, 4) is 0 Å². The van der Waals surface area contributed by atoms with Crippen molar-refractivity contribution in [3.63, 3.8) is 0 Å². The Labute approximate surface area is 155 Å². The molecule has 3 rings (SSSR count). The summed E-state index contributed by atoms with van der Waals surface area (Å²) in [5.41, 5.74) is 1.22. The molecule has 0 saturated carbocycles. The highest BCUT2D eigenvalue weighted by Crippen LogP contribution is 2.06. The number of ether oxygens (including phenoxy) is 1. The first-order valence-electron chi connectivity index (χ1n) is 9.31. The summed E-state index contributed by atoms with van der Waals surface area (Å²) in [6.07, 6.45) is 2.05. The molecule has 0 radical (unpaired) electrons. The van der Waals surface area contributed by atoms with Crippen molar-refractivity contribution < 1.29 is 9.53 Å². The van der Waals surface area contributed by atoms with Crippen LogP contribution in [0, 0.1) is 0 Å². The van der Waals surface area contributed by atoms with Gasteiger partial charge in [-0.2, -0.15) is 0 Å². The molecule has 26 heavy (non-hydrogen) atoms. The van der Waals surface area contributed by atoms with Gasteiger partial charge in [-0.15, -0.1) is 0 Å². The topological polar surface area (TPSA) is 65.3 Å². The number of aliphatic imine (C=N–C) groups is 1. The van der Waals surface area contributed by atoms with Gasteiger partial charge in [0.15, 0.2) is 5.96 Å². The van der Waals surface area contributed by atoms with Crippen LogP contribution in [0.15, 0.2) is 23.3 Å². The Morgan fingerprint density at radius 1 is 1.15 bits per heavy atom. The fraction of sp³-hybridized carbons (Fsp3) is 0.667. The number of morpholine rings is 1. The van der Waals surface area contributed by atoms with Gasteiger partial charge in [-0.1, -0.05) is 0 Å². The van der Waals surface area contributed by atoms with Crippen molar-refractivity contribution in [1.82, 2.24) is 24.6 Å². The molecule has 8 nitrogen and oxygen atoms in total. The summed E-state index contributed by atoms with van der Waals surface area (Å²) in [5.74, 6) is 1.14. The van der Waals surface area contributed by atoms with Gasteiger partial charge < -0.3 is 24.4 Å². The van der Waals surface area contributed by atoms with Gasteiger partial charge in [0.25, 0.3) is 0 Å². The minimum atomic E-state index is 0.216. The summed E-state index contributed by atoms with van der Waals surface area (Å²) in [7, 11) is 3.87. The normalized spacial score (nSPS) is 19.7. The zero-order valence-electron chi connectivity index (χ0n) is 15.9. The van der Waals surface area contributed by atoms with Crippen molar-refractivity contribution in [3.05, 3.63) is 24.0 Å². The number of hydrogen-bond donors (Lipinski definition) is 1. The number of rotatable bonds is 4. The molecule has 0 aromatic carbocycles.